The number of hydrogen-bond donors (Lipinski definition) is 2. The number of methoxy groups -OCH3 is 2. The summed E-state index contributed by atoms with van der Waals surface area (Å²) in [6.45, 7) is 3.48. The van der Waals surface area contributed by atoms with E-state index in [4.69, 9.17) is 14.6 Å². The average Bonchev–Trinajstić information content (AvgIpc) is 3.51. The molecule has 1 aliphatic carbocycles. The molecule has 1 atom stereocenters. The van der Waals surface area contributed by atoms with Crippen LogP contribution in [0.15, 0.2) is 59.7 Å². The van der Waals surface area contributed by atoms with Crippen molar-refractivity contribution in [3.05, 3.63) is 76.5 Å². The number of ether oxygens (including phenoxy) is 2. The van der Waals surface area contributed by atoms with E-state index < -0.39 is 11.9 Å². The van der Waals surface area contributed by atoms with Crippen LogP contribution in [0.25, 0.3) is 5.65 Å². The van der Waals surface area contributed by atoms with Crippen LogP contribution in [0.2, 0.25) is 0 Å². The van der Waals surface area contributed by atoms with E-state index >= 15 is 0 Å². The predicted molar refractivity (Wildman–Crippen MR) is 174 cm³/mol. The van der Waals surface area contributed by atoms with Gasteiger partial charge >= 0.3 is 0 Å². The van der Waals surface area contributed by atoms with Crippen molar-refractivity contribution in [2.24, 2.45) is 0 Å². The molecule has 1 saturated heterocycles. The van der Waals surface area contributed by atoms with E-state index in [1.807, 2.05) is 61.5 Å². The van der Waals surface area contributed by atoms with E-state index in [1.165, 1.54) is 10.7 Å². The molecule has 0 spiro atoms. The average molecular weight is 629 g/mol. The van der Waals surface area contributed by atoms with Gasteiger partial charge in [-0.15, -0.1) is 5.10 Å². The van der Waals surface area contributed by atoms with Crippen LogP contribution < -0.4 is 25.8 Å². The number of β-lactam (4-membered cyclic amide) rings is 1. The number of carbonyl (C=O) groups excluding carboxylic acids is 2. The van der Waals surface area contributed by atoms with Gasteiger partial charge in [-0.25, -0.2) is 9.50 Å². The molecule has 1 saturated carbocycles. The van der Waals surface area contributed by atoms with Crippen LogP contribution >= 0.6 is 0 Å². The molecule has 0 bridgehead atoms. The first-order valence-corrected chi connectivity index (χ1v) is 15.6. The Kier molecular flexibility index (Phi) is 8.93. The third kappa shape index (κ3) is 6.14. The van der Waals surface area contributed by atoms with Crippen molar-refractivity contribution in [2.75, 3.05) is 44.6 Å². The summed E-state index contributed by atoms with van der Waals surface area (Å²) in [5.74, 6) is 0.561. The van der Waals surface area contributed by atoms with Gasteiger partial charge in [-0.3, -0.25) is 14.4 Å². The van der Waals surface area contributed by atoms with Crippen molar-refractivity contribution >= 4 is 34.7 Å². The topological polar surface area (TPSA) is 135 Å². The lowest BCUT2D eigenvalue weighted by Crippen LogP contribution is -2.63. The molecule has 2 fully saturated rings. The van der Waals surface area contributed by atoms with Gasteiger partial charge in [-0.2, -0.15) is 0 Å². The second kappa shape index (κ2) is 13.2. The van der Waals surface area contributed by atoms with Crippen LogP contribution in [-0.2, 0) is 16.1 Å². The zero-order valence-electron chi connectivity index (χ0n) is 26.6. The van der Waals surface area contributed by atoms with E-state index in [1.54, 1.807) is 29.8 Å². The Labute approximate surface area is 267 Å². The van der Waals surface area contributed by atoms with Gasteiger partial charge in [0.25, 0.3) is 11.5 Å². The zero-order chi connectivity index (χ0) is 32.4. The van der Waals surface area contributed by atoms with Crippen LogP contribution in [0.4, 0.5) is 17.2 Å². The molecule has 242 valence electrons. The Morgan fingerprint density at radius 1 is 1.09 bits per heavy atom. The standard InChI is InChI=1S/C33H40N8O5/c1-5-39-20-26(32(39)43)36-31(42)28-18-34-30-27(38(2)19-21-8-12-23(45-3)13-9-21)17-29(37-41(28)30)35-25-7-6-16-40(33(25)44)22-10-14-24(46-4)15-11-22/h6-9,12-13,16-18,22,24,26H,5,10-11,14-15,19-20H2,1-4H3,(H,35,37)(H,36,42)/t22?,24?,26-/m1/s1. The van der Waals surface area contributed by atoms with E-state index in [9.17, 15) is 14.4 Å². The number of fused-ring (bicyclic) bond motifs is 1. The minimum atomic E-state index is -0.585. The summed E-state index contributed by atoms with van der Waals surface area (Å²) in [5, 5.41) is 10.7. The lowest BCUT2D eigenvalue weighted by molar-refractivity contribution is -0.143. The third-order valence-electron chi connectivity index (χ3n) is 8.98. The number of pyridine rings is 1. The summed E-state index contributed by atoms with van der Waals surface area (Å²) in [6, 6.07) is 12.7. The summed E-state index contributed by atoms with van der Waals surface area (Å²) in [5.41, 5.74) is 2.60. The lowest BCUT2D eigenvalue weighted by atomic mass is 9.92. The highest BCUT2D eigenvalue weighted by Gasteiger charge is 2.37. The maximum absolute atomic E-state index is 13.7. The fraction of sp³-hybridized carbons (Fsp3) is 0.424. The van der Waals surface area contributed by atoms with Crippen LogP contribution in [0, 0.1) is 0 Å². The minimum Gasteiger partial charge on any atom is -0.497 e. The Morgan fingerprint density at radius 3 is 2.52 bits per heavy atom. The monoisotopic (exact) mass is 628 g/mol. The number of rotatable bonds is 11. The predicted octanol–water partition coefficient (Wildman–Crippen LogP) is 3.37. The molecule has 46 heavy (non-hydrogen) atoms. The molecular weight excluding hydrogens is 588 g/mol. The van der Waals surface area contributed by atoms with Gasteiger partial charge in [0.15, 0.2) is 17.2 Å². The largest absolute Gasteiger partial charge is 0.497 e. The van der Waals surface area contributed by atoms with Gasteiger partial charge in [0.2, 0.25) is 5.91 Å². The maximum Gasteiger partial charge on any atom is 0.274 e. The smallest absolute Gasteiger partial charge is 0.274 e. The molecular formula is C33H40N8O5. The SMILES string of the molecule is CCN1C[C@@H](NC(=O)c2cnc3c(N(C)Cc4ccc(OC)cc4)cc(Nc4cccn(C5CCC(OC)CC5)c4=O)nn23)C1=O. The van der Waals surface area contributed by atoms with Crippen molar-refractivity contribution in [1.82, 2.24) is 29.4 Å². The molecule has 4 aromatic rings. The van der Waals surface area contributed by atoms with E-state index in [0.717, 1.165) is 37.0 Å². The number of likely N-dealkylation sites (tertiary alicyclic amines) is 1. The number of carbonyl (C=O) groups is 2. The second-order valence-electron chi connectivity index (χ2n) is 11.8. The Hall–Kier alpha value is -4.91. The normalized spacial score (nSPS) is 19.5. The molecule has 3 aromatic heterocycles. The van der Waals surface area contributed by atoms with Crippen molar-refractivity contribution in [3.63, 3.8) is 0 Å². The molecule has 13 nitrogen and oxygen atoms in total. The van der Waals surface area contributed by atoms with Gasteiger partial charge in [0, 0.05) is 52.1 Å². The van der Waals surface area contributed by atoms with Crippen LogP contribution in [-0.4, -0.2) is 82.4 Å². The Morgan fingerprint density at radius 2 is 1.85 bits per heavy atom. The van der Waals surface area contributed by atoms with E-state index in [0.29, 0.717) is 42.5 Å². The number of amides is 2. The molecule has 1 aromatic carbocycles. The van der Waals surface area contributed by atoms with Crippen LogP contribution in [0.5, 0.6) is 5.75 Å². The molecule has 13 heteroatoms. The highest BCUT2D eigenvalue weighted by Crippen LogP contribution is 2.30. The summed E-state index contributed by atoms with van der Waals surface area (Å²) < 4.78 is 14.1. The molecule has 6 rings (SSSR count). The first-order chi connectivity index (χ1) is 22.3. The number of aromatic nitrogens is 4. The lowest BCUT2D eigenvalue weighted by Gasteiger charge is -2.37. The molecule has 1 aliphatic heterocycles. The molecule has 2 amide bonds. The second-order valence-corrected chi connectivity index (χ2v) is 11.8. The van der Waals surface area contributed by atoms with Crippen molar-refractivity contribution < 1.29 is 19.1 Å². The van der Waals surface area contributed by atoms with Gasteiger partial charge in [0.1, 0.15) is 17.5 Å². The van der Waals surface area contributed by atoms with Crippen molar-refractivity contribution in [1.29, 1.82) is 0 Å². The highest BCUT2D eigenvalue weighted by molar-refractivity contribution is 5.99. The Balaban J connectivity index is 1.33. The number of hydrogen-bond acceptors (Lipinski definition) is 9. The van der Waals surface area contributed by atoms with Crippen LogP contribution in [0.1, 0.15) is 54.7 Å². The minimum absolute atomic E-state index is 0.0871. The quantitative estimate of drug-likeness (QED) is 0.240. The van der Waals surface area contributed by atoms with Crippen molar-refractivity contribution in [2.45, 2.75) is 57.3 Å². The zero-order valence-corrected chi connectivity index (χ0v) is 26.6. The summed E-state index contributed by atoms with van der Waals surface area (Å²) >= 11 is 0. The fourth-order valence-corrected chi connectivity index (χ4v) is 6.25. The van der Waals surface area contributed by atoms with Gasteiger partial charge in [-0.1, -0.05) is 12.1 Å². The molecule has 0 unspecified atom stereocenters. The number of nitrogens with zero attached hydrogens (tertiary/aromatic N) is 6. The van der Waals surface area contributed by atoms with Gasteiger partial charge in [0.05, 0.1) is 25.1 Å². The Bertz CT molecular complexity index is 1780. The maximum atomic E-state index is 13.7. The number of benzene rings is 1. The first kappa shape index (κ1) is 31.1. The first-order valence-electron chi connectivity index (χ1n) is 15.6. The number of nitrogens with one attached hydrogen (secondary N) is 2. The number of likely N-dealkylation sites (N-methyl/N-ethyl adjacent to an activating group) is 1. The molecule has 0 radical (unpaired) electrons. The van der Waals surface area contributed by atoms with Crippen molar-refractivity contribution in [3.8, 4) is 5.75 Å². The van der Waals surface area contributed by atoms with Crippen LogP contribution in [0.3, 0.4) is 0 Å². The molecule has 2 aliphatic rings. The fourth-order valence-electron chi connectivity index (χ4n) is 6.25. The summed E-state index contributed by atoms with van der Waals surface area (Å²) in [4.78, 5) is 47.7. The molecule has 2 N–H and O–H groups in total. The van der Waals surface area contributed by atoms with Gasteiger partial charge < -0.3 is 34.5 Å². The number of anilines is 3. The number of imidazole rings is 1. The highest BCUT2D eigenvalue weighted by atomic mass is 16.5. The third-order valence-corrected chi connectivity index (χ3v) is 8.98. The molecule has 4 heterocycles. The summed E-state index contributed by atoms with van der Waals surface area (Å²) in [6.07, 6.45) is 7.05. The van der Waals surface area contributed by atoms with E-state index in [-0.39, 0.29) is 29.3 Å². The van der Waals surface area contributed by atoms with Gasteiger partial charge in [-0.05, 0) is 62.4 Å². The summed E-state index contributed by atoms with van der Waals surface area (Å²) in [7, 11) is 5.29. The van der Waals surface area contributed by atoms with E-state index in [2.05, 4.69) is 15.6 Å².